The summed E-state index contributed by atoms with van der Waals surface area (Å²) in [5, 5.41) is 14.9. The van der Waals surface area contributed by atoms with Crippen molar-refractivity contribution in [1.82, 2.24) is 9.80 Å². The number of rotatable bonds is 8. The largest absolute Gasteiger partial charge is 0.325 e. The van der Waals surface area contributed by atoms with Gasteiger partial charge in [-0.2, -0.15) is 0 Å². The van der Waals surface area contributed by atoms with Gasteiger partial charge in [0, 0.05) is 54.4 Å². The summed E-state index contributed by atoms with van der Waals surface area (Å²) >= 11 is 7.27. The number of amides is 2. The number of para-hydroxylation sites is 1. The van der Waals surface area contributed by atoms with Gasteiger partial charge in [-0.3, -0.25) is 15.0 Å². The molecule has 0 unspecified atom stereocenters. The molecule has 1 aliphatic rings. The molecule has 0 saturated carbocycles. The number of nitro groups is 1. The molecule has 3 aromatic rings. The van der Waals surface area contributed by atoms with Crippen LogP contribution in [-0.2, 0) is 13.1 Å². The predicted octanol–water partition coefficient (Wildman–Crippen LogP) is 6.26. The van der Waals surface area contributed by atoms with Gasteiger partial charge in [-0.25, -0.2) is 4.79 Å². The summed E-state index contributed by atoms with van der Waals surface area (Å²) in [6.07, 6.45) is 1.84. The lowest BCUT2D eigenvalue weighted by Crippen LogP contribution is -2.43. The quantitative estimate of drug-likeness (QED) is 0.294. The molecule has 0 atom stereocenters. The van der Waals surface area contributed by atoms with E-state index in [1.54, 1.807) is 6.07 Å². The Kier molecular flexibility index (Phi) is 8.16. The van der Waals surface area contributed by atoms with Crippen molar-refractivity contribution in [3.8, 4) is 0 Å². The highest BCUT2D eigenvalue weighted by molar-refractivity contribution is 7.15. The third-order valence-electron chi connectivity index (χ3n) is 5.97. The van der Waals surface area contributed by atoms with Crippen LogP contribution in [0.15, 0.2) is 66.7 Å². The average Bonchev–Trinajstić information content (AvgIpc) is 3.30. The molecule has 1 aromatic heterocycles. The molecule has 0 aliphatic carbocycles. The molecule has 1 N–H and O–H groups in total. The van der Waals surface area contributed by atoms with Gasteiger partial charge in [-0.05, 0) is 54.7 Å². The van der Waals surface area contributed by atoms with Crippen LogP contribution in [0.1, 0.15) is 23.3 Å². The first kappa shape index (κ1) is 24.2. The summed E-state index contributed by atoms with van der Waals surface area (Å²) in [7, 11) is 0. The summed E-state index contributed by atoms with van der Waals surface area (Å²) in [4.78, 5) is 28.5. The number of carbonyl (C=O) groups is 1. The van der Waals surface area contributed by atoms with Crippen LogP contribution < -0.4 is 5.32 Å². The van der Waals surface area contributed by atoms with E-state index in [0.29, 0.717) is 30.6 Å². The molecular weight excluding hydrogens is 472 g/mol. The zero-order chi connectivity index (χ0) is 23.9. The third kappa shape index (κ3) is 6.79. The lowest BCUT2D eigenvalue weighted by atomic mass is 9.96. The molecule has 1 aliphatic heterocycles. The lowest BCUT2D eigenvalue weighted by Gasteiger charge is -2.35. The van der Waals surface area contributed by atoms with Crippen molar-refractivity contribution in [3.63, 3.8) is 0 Å². The number of thiophene rings is 1. The van der Waals surface area contributed by atoms with Gasteiger partial charge in [0.25, 0.3) is 0 Å². The van der Waals surface area contributed by atoms with Crippen LogP contribution in [0.4, 0.5) is 15.5 Å². The van der Waals surface area contributed by atoms with Gasteiger partial charge in [-0.15, -0.1) is 0 Å². The first-order valence-corrected chi connectivity index (χ1v) is 12.5. The number of nitrogens with one attached hydrogen (secondary N) is 1. The number of hydrogen-bond acceptors (Lipinski definition) is 5. The minimum absolute atomic E-state index is 0.0615. The predicted molar refractivity (Wildman–Crippen MR) is 136 cm³/mol. The first-order valence-electron chi connectivity index (χ1n) is 11.3. The number of anilines is 1. The second-order valence-corrected chi connectivity index (χ2v) is 10.1. The molecule has 2 aromatic carbocycles. The second-order valence-electron chi connectivity index (χ2n) is 8.52. The Morgan fingerprint density at radius 3 is 2.41 bits per heavy atom. The lowest BCUT2D eigenvalue weighted by molar-refractivity contribution is -0.380. The third-order valence-corrected chi connectivity index (χ3v) is 7.24. The number of likely N-dealkylation sites (tertiary alicyclic amines) is 1. The Labute approximate surface area is 208 Å². The average molecular weight is 499 g/mol. The highest BCUT2D eigenvalue weighted by Gasteiger charge is 2.25. The van der Waals surface area contributed by atoms with E-state index in [1.807, 2.05) is 65.6 Å². The zero-order valence-corrected chi connectivity index (χ0v) is 20.3. The number of nitrogens with zero attached hydrogens (tertiary/aromatic N) is 3. The molecule has 2 amide bonds. The molecule has 34 heavy (non-hydrogen) atoms. The summed E-state index contributed by atoms with van der Waals surface area (Å²) in [5.74, 6) is 0.447. The van der Waals surface area contributed by atoms with Gasteiger partial charge in [0.1, 0.15) is 0 Å². The Balaban J connectivity index is 1.36. The first-order chi connectivity index (χ1) is 16.5. The van der Waals surface area contributed by atoms with Gasteiger partial charge in [0.2, 0.25) is 0 Å². The van der Waals surface area contributed by atoms with Gasteiger partial charge < -0.3 is 10.2 Å². The molecule has 1 saturated heterocycles. The van der Waals surface area contributed by atoms with Crippen molar-refractivity contribution in [2.75, 3.05) is 25.0 Å². The number of halogens is 1. The fraction of sp³-hybridized carbons (Fsp3) is 0.320. The van der Waals surface area contributed by atoms with Crippen LogP contribution in [0.2, 0.25) is 5.02 Å². The molecule has 0 radical (unpaired) electrons. The van der Waals surface area contributed by atoms with Crippen LogP contribution in [0, 0.1) is 16.0 Å². The van der Waals surface area contributed by atoms with Crippen molar-refractivity contribution in [2.45, 2.75) is 25.9 Å². The monoisotopic (exact) mass is 498 g/mol. The van der Waals surface area contributed by atoms with Gasteiger partial charge in [0.15, 0.2) is 0 Å². The van der Waals surface area contributed by atoms with E-state index < -0.39 is 0 Å². The smallest absolute Gasteiger partial charge is 0.324 e. The van der Waals surface area contributed by atoms with E-state index in [0.717, 1.165) is 42.1 Å². The molecule has 0 spiro atoms. The SMILES string of the molecule is O=C(Nc1ccccc1)N1CCC(CN(Cc2ccc(Cl)cc2)Cc2ccc([N+](=O)[O-])s2)CC1. The van der Waals surface area contributed by atoms with Gasteiger partial charge >= 0.3 is 11.0 Å². The van der Waals surface area contributed by atoms with Crippen molar-refractivity contribution < 1.29 is 9.72 Å². The topological polar surface area (TPSA) is 78.7 Å². The van der Waals surface area contributed by atoms with Gasteiger partial charge in [0.05, 0.1) is 4.92 Å². The van der Waals surface area contributed by atoms with Crippen molar-refractivity contribution in [1.29, 1.82) is 0 Å². The Morgan fingerprint density at radius 1 is 1.06 bits per heavy atom. The van der Waals surface area contributed by atoms with Crippen LogP contribution >= 0.6 is 22.9 Å². The summed E-state index contributed by atoms with van der Waals surface area (Å²) in [6.45, 7) is 3.67. The molecule has 1 fully saturated rings. The summed E-state index contributed by atoms with van der Waals surface area (Å²) in [6, 6.07) is 20.6. The molecule has 178 valence electrons. The Bertz CT molecular complexity index is 1100. The van der Waals surface area contributed by atoms with E-state index in [-0.39, 0.29) is 16.0 Å². The molecular formula is C25H27ClN4O3S. The minimum atomic E-state index is -0.339. The second kappa shape index (κ2) is 11.5. The fourth-order valence-corrected chi connectivity index (χ4v) is 5.20. The Hall–Kier alpha value is -2.94. The number of piperidine rings is 1. The number of carbonyl (C=O) groups excluding carboxylic acids is 1. The highest BCUT2D eigenvalue weighted by Crippen LogP contribution is 2.27. The van der Waals surface area contributed by atoms with Crippen molar-refractivity contribution in [2.24, 2.45) is 5.92 Å². The van der Waals surface area contributed by atoms with Crippen LogP contribution in [0.3, 0.4) is 0 Å². The molecule has 0 bridgehead atoms. The zero-order valence-electron chi connectivity index (χ0n) is 18.7. The molecule has 2 heterocycles. The molecule has 7 nitrogen and oxygen atoms in total. The standard InChI is InChI=1S/C25H27ClN4O3S/c26-21-8-6-19(7-9-21)16-28(18-23-10-11-24(34-23)30(32)33)17-20-12-14-29(15-13-20)25(31)27-22-4-2-1-3-5-22/h1-11,20H,12-18H2,(H,27,31). The van der Waals surface area contributed by atoms with E-state index in [9.17, 15) is 14.9 Å². The number of hydrogen-bond donors (Lipinski definition) is 1. The van der Waals surface area contributed by atoms with E-state index in [1.165, 1.54) is 11.3 Å². The van der Waals surface area contributed by atoms with Crippen molar-refractivity contribution >= 4 is 39.7 Å². The molecule has 4 rings (SSSR count). The fourth-order valence-electron chi connectivity index (χ4n) is 4.21. The number of urea groups is 1. The van der Waals surface area contributed by atoms with E-state index >= 15 is 0 Å². The Morgan fingerprint density at radius 2 is 1.76 bits per heavy atom. The number of benzene rings is 2. The van der Waals surface area contributed by atoms with E-state index in [4.69, 9.17) is 11.6 Å². The van der Waals surface area contributed by atoms with Crippen LogP contribution in [0.5, 0.6) is 0 Å². The van der Waals surface area contributed by atoms with Gasteiger partial charge in [-0.1, -0.05) is 53.3 Å². The summed E-state index contributed by atoms with van der Waals surface area (Å²) in [5.41, 5.74) is 1.95. The van der Waals surface area contributed by atoms with Crippen LogP contribution in [0.25, 0.3) is 0 Å². The van der Waals surface area contributed by atoms with E-state index in [2.05, 4.69) is 10.2 Å². The maximum absolute atomic E-state index is 12.6. The minimum Gasteiger partial charge on any atom is -0.325 e. The normalized spacial score (nSPS) is 14.4. The molecule has 9 heteroatoms. The van der Waals surface area contributed by atoms with Crippen LogP contribution in [-0.4, -0.2) is 40.4 Å². The summed E-state index contributed by atoms with van der Waals surface area (Å²) < 4.78 is 0. The highest BCUT2D eigenvalue weighted by atomic mass is 35.5. The maximum atomic E-state index is 12.6. The maximum Gasteiger partial charge on any atom is 0.324 e. The van der Waals surface area contributed by atoms with Crippen molar-refractivity contribution in [3.05, 3.63) is 92.3 Å².